The van der Waals surface area contributed by atoms with Crippen LogP contribution in [-0.2, 0) is 0 Å². The molecule has 158 valence electrons. The van der Waals surface area contributed by atoms with E-state index in [1.807, 2.05) is 74.5 Å². The minimum atomic E-state index is -0.516. The third-order valence-electron chi connectivity index (χ3n) is 4.15. The molecule has 0 aliphatic rings. The number of hydrogen-bond donors (Lipinski definition) is 3. The Labute approximate surface area is 173 Å². The van der Waals surface area contributed by atoms with Crippen LogP contribution in [-0.4, -0.2) is 23.7 Å². The molecule has 0 saturated heterocycles. The number of hydrogen-bond acceptors (Lipinski definition) is 3. The van der Waals surface area contributed by atoms with Crippen LogP contribution in [0.1, 0.15) is 71.6 Å². The maximum absolute atomic E-state index is 9.99. The monoisotopic (exact) mass is 386 g/mol. The molecular weight excluding hydrogens is 344 g/mol. The van der Waals surface area contributed by atoms with Crippen molar-refractivity contribution in [2.24, 2.45) is 11.7 Å². The third-order valence-corrected chi connectivity index (χ3v) is 4.15. The first-order valence-electron chi connectivity index (χ1n) is 10.7. The van der Waals surface area contributed by atoms with Gasteiger partial charge in [0.15, 0.2) is 0 Å². The Bertz CT molecular complexity index is 530. The first-order valence-corrected chi connectivity index (χ1v) is 10.7. The van der Waals surface area contributed by atoms with E-state index >= 15 is 0 Å². The molecule has 3 nitrogen and oxygen atoms in total. The minimum absolute atomic E-state index is 0.323. The summed E-state index contributed by atoms with van der Waals surface area (Å²) >= 11 is 0. The Morgan fingerprint density at radius 3 is 1.61 bits per heavy atom. The molecule has 2 atom stereocenters. The fourth-order valence-corrected chi connectivity index (χ4v) is 2.81. The van der Waals surface area contributed by atoms with Crippen LogP contribution in [0.15, 0.2) is 60.7 Å². The zero-order valence-electron chi connectivity index (χ0n) is 18.7. The number of nitrogens with one attached hydrogen (secondary N) is 1. The molecular formula is C25H42N2O. The Morgan fingerprint density at radius 2 is 1.25 bits per heavy atom. The molecule has 28 heavy (non-hydrogen) atoms. The van der Waals surface area contributed by atoms with Crippen LogP contribution in [0.25, 0.3) is 0 Å². The second-order valence-corrected chi connectivity index (χ2v) is 7.47. The largest absolute Gasteiger partial charge is 0.384 e. The van der Waals surface area contributed by atoms with E-state index in [0.717, 1.165) is 30.0 Å². The molecule has 0 heterocycles. The van der Waals surface area contributed by atoms with E-state index < -0.39 is 6.10 Å². The number of aliphatic hydroxyl groups excluding tert-OH is 1. The number of benzene rings is 2. The van der Waals surface area contributed by atoms with Crippen molar-refractivity contribution in [2.75, 3.05) is 6.54 Å². The van der Waals surface area contributed by atoms with Gasteiger partial charge in [0.25, 0.3) is 0 Å². The predicted molar refractivity (Wildman–Crippen MR) is 123 cm³/mol. The summed E-state index contributed by atoms with van der Waals surface area (Å²) in [6.07, 6.45) is 1.80. The highest BCUT2D eigenvalue weighted by molar-refractivity contribution is 5.29. The molecule has 3 heteroatoms. The molecule has 2 rings (SSSR count). The molecule has 4 N–H and O–H groups in total. The van der Waals surface area contributed by atoms with Gasteiger partial charge >= 0.3 is 0 Å². The van der Waals surface area contributed by atoms with E-state index in [2.05, 4.69) is 33.0 Å². The molecule has 0 saturated carbocycles. The molecule has 0 aromatic heterocycles. The fraction of sp³-hybridized carbons (Fsp3) is 0.520. The standard InChI is InChI=1S/C13H12O.C10H24N2.C2H6/c14-13(11-7-3-1-4-8-11)12-9-5-2-6-10-12;1-8(2)7-10(4)12-6-5-9(3)11;1-2/h1-10,13-14H;8-10,12H,5-7,11H2,1-4H3;1-2H3. The topological polar surface area (TPSA) is 58.3 Å². The van der Waals surface area contributed by atoms with Crippen molar-refractivity contribution in [1.29, 1.82) is 0 Å². The van der Waals surface area contributed by atoms with Gasteiger partial charge in [-0.1, -0.05) is 88.4 Å². The van der Waals surface area contributed by atoms with Crippen molar-refractivity contribution < 1.29 is 5.11 Å². The Kier molecular flexibility index (Phi) is 15.3. The maximum Gasteiger partial charge on any atom is 0.104 e. The van der Waals surface area contributed by atoms with E-state index in [9.17, 15) is 5.11 Å². The predicted octanol–water partition coefficient (Wildman–Crippen LogP) is 5.54. The highest BCUT2D eigenvalue weighted by atomic mass is 16.3. The highest BCUT2D eigenvalue weighted by Crippen LogP contribution is 2.20. The van der Waals surface area contributed by atoms with Gasteiger partial charge in [-0.25, -0.2) is 0 Å². The van der Waals surface area contributed by atoms with E-state index in [1.54, 1.807) is 0 Å². The summed E-state index contributed by atoms with van der Waals surface area (Å²) in [5.74, 6) is 0.780. The van der Waals surface area contributed by atoms with Crippen LogP contribution < -0.4 is 11.1 Å². The molecule has 0 amide bonds. The highest BCUT2D eigenvalue weighted by Gasteiger charge is 2.08. The lowest BCUT2D eigenvalue weighted by atomic mass is 10.0. The molecule has 0 bridgehead atoms. The van der Waals surface area contributed by atoms with Gasteiger partial charge in [0.1, 0.15) is 6.10 Å². The average Bonchev–Trinajstić information content (AvgIpc) is 2.70. The van der Waals surface area contributed by atoms with Gasteiger partial charge < -0.3 is 16.2 Å². The zero-order chi connectivity index (χ0) is 21.4. The van der Waals surface area contributed by atoms with Crippen molar-refractivity contribution >= 4 is 0 Å². The van der Waals surface area contributed by atoms with Crippen molar-refractivity contribution in [3.63, 3.8) is 0 Å². The second-order valence-electron chi connectivity index (χ2n) is 7.47. The molecule has 2 unspecified atom stereocenters. The van der Waals surface area contributed by atoms with E-state index in [4.69, 9.17) is 5.73 Å². The van der Waals surface area contributed by atoms with Gasteiger partial charge in [-0.3, -0.25) is 0 Å². The van der Waals surface area contributed by atoms with Gasteiger partial charge in [0, 0.05) is 12.1 Å². The number of rotatable bonds is 8. The van der Waals surface area contributed by atoms with E-state index in [-0.39, 0.29) is 0 Å². The van der Waals surface area contributed by atoms with Crippen molar-refractivity contribution in [3.8, 4) is 0 Å². The first kappa shape index (κ1) is 26.3. The summed E-state index contributed by atoms with van der Waals surface area (Å²) in [5, 5.41) is 13.5. The number of nitrogens with two attached hydrogens (primary N) is 1. The lowest BCUT2D eigenvalue weighted by Gasteiger charge is -2.16. The van der Waals surface area contributed by atoms with Gasteiger partial charge in [-0.05, 0) is 50.3 Å². The summed E-state index contributed by atoms with van der Waals surface area (Å²) in [6, 6.07) is 20.3. The van der Waals surface area contributed by atoms with Crippen molar-refractivity contribution in [3.05, 3.63) is 71.8 Å². The Balaban J connectivity index is 0.000000485. The van der Waals surface area contributed by atoms with Crippen LogP contribution >= 0.6 is 0 Å². The minimum Gasteiger partial charge on any atom is -0.384 e. The molecule has 0 fully saturated rings. The zero-order valence-corrected chi connectivity index (χ0v) is 18.7. The van der Waals surface area contributed by atoms with E-state index in [1.165, 1.54) is 6.42 Å². The van der Waals surface area contributed by atoms with Crippen LogP contribution in [0, 0.1) is 5.92 Å². The summed E-state index contributed by atoms with van der Waals surface area (Å²) in [7, 11) is 0. The van der Waals surface area contributed by atoms with Gasteiger partial charge in [0.05, 0.1) is 0 Å². The normalized spacial score (nSPS) is 12.5. The van der Waals surface area contributed by atoms with E-state index in [0.29, 0.717) is 12.1 Å². The van der Waals surface area contributed by atoms with Gasteiger partial charge in [-0.15, -0.1) is 0 Å². The summed E-state index contributed by atoms with van der Waals surface area (Å²) < 4.78 is 0. The molecule has 2 aromatic rings. The molecule has 0 spiro atoms. The van der Waals surface area contributed by atoms with Crippen LogP contribution in [0.5, 0.6) is 0 Å². The third kappa shape index (κ3) is 12.7. The van der Waals surface area contributed by atoms with Crippen LogP contribution in [0.3, 0.4) is 0 Å². The lowest BCUT2D eigenvalue weighted by molar-refractivity contribution is 0.220. The lowest BCUT2D eigenvalue weighted by Crippen LogP contribution is -2.31. The smallest absolute Gasteiger partial charge is 0.104 e. The quantitative estimate of drug-likeness (QED) is 0.558. The molecule has 0 radical (unpaired) electrons. The maximum atomic E-state index is 9.99. The Hall–Kier alpha value is -1.68. The number of aliphatic hydroxyl groups is 1. The molecule has 2 aromatic carbocycles. The van der Waals surface area contributed by atoms with Crippen LogP contribution in [0.4, 0.5) is 0 Å². The van der Waals surface area contributed by atoms with Gasteiger partial charge in [-0.2, -0.15) is 0 Å². The fourth-order valence-electron chi connectivity index (χ4n) is 2.81. The summed E-state index contributed by atoms with van der Waals surface area (Å²) in [6.45, 7) is 13.8. The Morgan fingerprint density at radius 1 is 0.821 bits per heavy atom. The molecule has 0 aliphatic heterocycles. The average molecular weight is 387 g/mol. The van der Waals surface area contributed by atoms with Crippen molar-refractivity contribution in [1.82, 2.24) is 5.32 Å². The van der Waals surface area contributed by atoms with Crippen molar-refractivity contribution in [2.45, 2.75) is 72.6 Å². The second kappa shape index (κ2) is 16.3. The summed E-state index contributed by atoms with van der Waals surface area (Å²) in [5.41, 5.74) is 7.50. The first-order chi connectivity index (χ1) is 13.4. The van der Waals surface area contributed by atoms with Crippen LogP contribution in [0.2, 0.25) is 0 Å². The summed E-state index contributed by atoms with van der Waals surface area (Å²) in [4.78, 5) is 0. The SMILES string of the molecule is CC.CC(C)CC(C)NCCC(C)N.OC(c1ccccc1)c1ccccc1. The molecule has 0 aliphatic carbocycles. The van der Waals surface area contributed by atoms with Gasteiger partial charge in [0.2, 0.25) is 0 Å².